The average Bonchev–Trinajstić information content (AvgIpc) is 2.35. The van der Waals surface area contributed by atoms with Gasteiger partial charge in [-0.15, -0.1) is 0 Å². The molecule has 0 unspecified atom stereocenters. The molecule has 1 saturated carbocycles. The molecule has 0 heterocycles. The third-order valence-electron chi connectivity index (χ3n) is 3.98. The van der Waals surface area contributed by atoms with Crippen LogP contribution in [0.2, 0.25) is 0 Å². The number of hydrogen-bond donors (Lipinski definition) is 1. The summed E-state index contributed by atoms with van der Waals surface area (Å²) in [6.45, 7) is 0.283. The topological polar surface area (TPSA) is 12.0 Å². The van der Waals surface area contributed by atoms with Crippen molar-refractivity contribution >= 4 is 0 Å². The first-order chi connectivity index (χ1) is 9.95. The first-order valence-corrected chi connectivity index (χ1v) is 7.55. The highest BCUT2D eigenvalue weighted by molar-refractivity contribution is 5.26. The zero-order valence-corrected chi connectivity index (χ0v) is 12.0. The SMILES string of the molecule is Fc1cc(CNC2CCCCCCC2)cc(C(F)(F)F)c1. The second-order valence-corrected chi connectivity index (χ2v) is 5.77. The van der Waals surface area contributed by atoms with Crippen LogP contribution in [0.4, 0.5) is 17.6 Å². The van der Waals surface area contributed by atoms with Crippen molar-refractivity contribution in [3.63, 3.8) is 0 Å². The van der Waals surface area contributed by atoms with Gasteiger partial charge in [-0.2, -0.15) is 13.2 Å². The van der Waals surface area contributed by atoms with E-state index in [0.29, 0.717) is 17.7 Å². The van der Waals surface area contributed by atoms with E-state index in [-0.39, 0.29) is 6.54 Å². The molecule has 1 aromatic rings. The lowest BCUT2D eigenvalue weighted by atomic mass is 9.96. The van der Waals surface area contributed by atoms with Crippen molar-refractivity contribution in [2.75, 3.05) is 0 Å². The first kappa shape index (κ1) is 16.3. The molecule has 0 aliphatic heterocycles. The molecule has 0 spiro atoms. The van der Waals surface area contributed by atoms with Crippen molar-refractivity contribution in [3.05, 3.63) is 35.1 Å². The molecule has 21 heavy (non-hydrogen) atoms. The Labute approximate surface area is 122 Å². The van der Waals surface area contributed by atoms with Crippen LogP contribution in [0.15, 0.2) is 18.2 Å². The normalized spacial score (nSPS) is 18.3. The van der Waals surface area contributed by atoms with Crippen molar-refractivity contribution in [2.45, 2.75) is 63.7 Å². The lowest BCUT2D eigenvalue weighted by Crippen LogP contribution is -2.29. The smallest absolute Gasteiger partial charge is 0.310 e. The van der Waals surface area contributed by atoms with Crippen LogP contribution in [0, 0.1) is 5.82 Å². The van der Waals surface area contributed by atoms with Gasteiger partial charge in [-0.25, -0.2) is 4.39 Å². The molecule has 1 aromatic carbocycles. The van der Waals surface area contributed by atoms with E-state index < -0.39 is 17.6 Å². The molecule has 0 radical (unpaired) electrons. The highest BCUT2D eigenvalue weighted by atomic mass is 19.4. The summed E-state index contributed by atoms with van der Waals surface area (Å²) >= 11 is 0. The second kappa shape index (κ2) is 7.25. The number of benzene rings is 1. The van der Waals surface area contributed by atoms with E-state index in [4.69, 9.17) is 0 Å². The number of alkyl halides is 3. The van der Waals surface area contributed by atoms with Crippen molar-refractivity contribution in [1.29, 1.82) is 0 Å². The fourth-order valence-electron chi connectivity index (χ4n) is 2.84. The molecule has 1 fully saturated rings. The summed E-state index contributed by atoms with van der Waals surface area (Å²) in [5, 5.41) is 3.28. The summed E-state index contributed by atoms with van der Waals surface area (Å²) in [6, 6.07) is 3.06. The molecule has 2 rings (SSSR count). The third kappa shape index (κ3) is 5.30. The highest BCUT2D eigenvalue weighted by Crippen LogP contribution is 2.30. The van der Waals surface area contributed by atoms with Crippen LogP contribution in [0.25, 0.3) is 0 Å². The first-order valence-electron chi connectivity index (χ1n) is 7.55. The van der Waals surface area contributed by atoms with E-state index >= 15 is 0 Å². The Hall–Kier alpha value is -1.10. The Morgan fingerprint density at radius 2 is 1.57 bits per heavy atom. The summed E-state index contributed by atoms with van der Waals surface area (Å²) in [4.78, 5) is 0. The minimum atomic E-state index is -4.50. The van der Waals surface area contributed by atoms with Crippen molar-refractivity contribution in [3.8, 4) is 0 Å². The van der Waals surface area contributed by atoms with Gasteiger partial charge in [0.25, 0.3) is 0 Å². The lowest BCUT2D eigenvalue weighted by Gasteiger charge is -2.21. The molecule has 1 aliphatic carbocycles. The van der Waals surface area contributed by atoms with E-state index in [1.54, 1.807) is 0 Å². The molecule has 0 atom stereocenters. The van der Waals surface area contributed by atoms with Gasteiger partial charge in [-0.05, 0) is 36.6 Å². The summed E-state index contributed by atoms with van der Waals surface area (Å²) in [6.07, 6.45) is 3.58. The molecule has 0 saturated heterocycles. The molecule has 1 aliphatic rings. The standard InChI is InChI=1S/C16H21F4N/c17-14-9-12(8-13(10-14)16(18,19)20)11-21-15-6-4-2-1-3-5-7-15/h8-10,15,21H,1-7,11H2. The molecular weight excluding hydrogens is 282 g/mol. The Bertz CT molecular complexity index is 448. The number of rotatable bonds is 3. The Balaban J connectivity index is 1.97. The molecule has 0 aromatic heterocycles. The van der Waals surface area contributed by atoms with E-state index in [1.807, 2.05) is 0 Å². The fourth-order valence-corrected chi connectivity index (χ4v) is 2.84. The average molecular weight is 303 g/mol. The zero-order chi connectivity index (χ0) is 15.3. The Kier molecular flexibility index (Phi) is 5.62. The van der Waals surface area contributed by atoms with E-state index in [0.717, 1.165) is 31.7 Å². The van der Waals surface area contributed by atoms with Gasteiger partial charge in [-0.1, -0.05) is 32.1 Å². The summed E-state index contributed by atoms with van der Waals surface area (Å²) in [5.41, 5.74) is -0.568. The zero-order valence-electron chi connectivity index (χ0n) is 12.0. The van der Waals surface area contributed by atoms with E-state index in [9.17, 15) is 17.6 Å². The van der Waals surface area contributed by atoms with Gasteiger partial charge in [0.1, 0.15) is 5.82 Å². The molecule has 0 amide bonds. The number of halogens is 4. The maximum Gasteiger partial charge on any atom is 0.416 e. The molecule has 0 bridgehead atoms. The minimum Gasteiger partial charge on any atom is -0.310 e. The maximum absolute atomic E-state index is 13.3. The van der Waals surface area contributed by atoms with Crippen LogP contribution in [-0.2, 0) is 12.7 Å². The van der Waals surface area contributed by atoms with Crippen LogP contribution in [-0.4, -0.2) is 6.04 Å². The van der Waals surface area contributed by atoms with Gasteiger partial charge in [0.2, 0.25) is 0 Å². The predicted molar refractivity (Wildman–Crippen MR) is 74.3 cm³/mol. The fraction of sp³-hybridized carbons (Fsp3) is 0.625. The highest BCUT2D eigenvalue weighted by Gasteiger charge is 2.31. The van der Waals surface area contributed by atoms with E-state index in [2.05, 4.69) is 5.32 Å². The molecule has 1 nitrogen and oxygen atoms in total. The van der Waals surface area contributed by atoms with Gasteiger partial charge in [0, 0.05) is 12.6 Å². The molecular formula is C16H21F4N. The van der Waals surface area contributed by atoms with Crippen molar-refractivity contribution in [1.82, 2.24) is 5.32 Å². The largest absolute Gasteiger partial charge is 0.416 e. The van der Waals surface area contributed by atoms with Crippen molar-refractivity contribution < 1.29 is 17.6 Å². The Morgan fingerprint density at radius 3 is 2.19 bits per heavy atom. The maximum atomic E-state index is 13.3. The predicted octanol–water partition coefficient (Wildman–Crippen LogP) is 5.05. The Morgan fingerprint density at radius 1 is 0.952 bits per heavy atom. The van der Waals surface area contributed by atoms with Gasteiger partial charge >= 0.3 is 6.18 Å². The van der Waals surface area contributed by atoms with Gasteiger partial charge < -0.3 is 5.32 Å². The summed E-state index contributed by atoms with van der Waals surface area (Å²) < 4.78 is 51.3. The second-order valence-electron chi connectivity index (χ2n) is 5.77. The van der Waals surface area contributed by atoms with Crippen LogP contribution in [0.3, 0.4) is 0 Å². The number of hydrogen-bond acceptors (Lipinski definition) is 1. The van der Waals surface area contributed by atoms with E-state index in [1.165, 1.54) is 25.3 Å². The minimum absolute atomic E-state index is 0.283. The quantitative estimate of drug-likeness (QED) is 0.771. The molecule has 5 heteroatoms. The lowest BCUT2D eigenvalue weighted by molar-refractivity contribution is -0.137. The van der Waals surface area contributed by atoms with Crippen molar-refractivity contribution in [2.24, 2.45) is 0 Å². The van der Waals surface area contributed by atoms with Gasteiger partial charge in [0.05, 0.1) is 5.56 Å². The van der Waals surface area contributed by atoms with Crippen LogP contribution in [0.1, 0.15) is 56.1 Å². The van der Waals surface area contributed by atoms with Gasteiger partial charge in [-0.3, -0.25) is 0 Å². The summed E-state index contributed by atoms with van der Waals surface area (Å²) in [5.74, 6) is -0.834. The van der Waals surface area contributed by atoms with Gasteiger partial charge in [0.15, 0.2) is 0 Å². The monoisotopic (exact) mass is 303 g/mol. The van der Waals surface area contributed by atoms with Crippen LogP contribution in [0.5, 0.6) is 0 Å². The van der Waals surface area contributed by atoms with Crippen LogP contribution >= 0.6 is 0 Å². The molecule has 1 N–H and O–H groups in total. The molecule has 118 valence electrons. The summed E-state index contributed by atoms with van der Waals surface area (Å²) in [7, 11) is 0. The number of nitrogens with one attached hydrogen (secondary N) is 1. The third-order valence-corrected chi connectivity index (χ3v) is 3.98. The van der Waals surface area contributed by atoms with Crippen LogP contribution < -0.4 is 5.32 Å².